The molecule has 2 aromatic rings. The average Bonchev–Trinajstić information content (AvgIpc) is 2.66. The molecule has 21 heavy (non-hydrogen) atoms. The molecule has 4 rings (SSSR count). The van der Waals surface area contributed by atoms with E-state index in [2.05, 4.69) is 6.07 Å². The molecule has 1 aliphatic carbocycles. The molecule has 1 saturated heterocycles. The SMILES string of the molecule is Cc1oc2ccc(CC3CC4(COC4)C3)cc2c1C(=O)O. The molecule has 1 aliphatic heterocycles. The molecule has 2 heterocycles. The number of furan rings is 1. The van der Waals surface area contributed by atoms with E-state index in [1.807, 2.05) is 12.1 Å². The van der Waals surface area contributed by atoms with Crippen molar-refractivity contribution in [2.24, 2.45) is 11.3 Å². The maximum Gasteiger partial charge on any atom is 0.339 e. The van der Waals surface area contributed by atoms with E-state index in [4.69, 9.17) is 9.15 Å². The standard InChI is InChI=1S/C17H18O4/c1-10-15(16(18)19)13-5-11(2-3-14(13)21-10)4-12-6-17(7-12)8-20-9-17/h2-3,5,12H,4,6-9H2,1H3,(H,18,19). The second-order valence-corrected chi connectivity index (χ2v) is 6.64. The first-order valence-electron chi connectivity index (χ1n) is 7.39. The lowest BCUT2D eigenvalue weighted by Crippen LogP contribution is -2.52. The van der Waals surface area contributed by atoms with Crippen molar-refractivity contribution in [1.82, 2.24) is 0 Å². The minimum atomic E-state index is -0.919. The van der Waals surface area contributed by atoms with Crippen LogP contribution in [0.2, 0.25) is 0 Å². The first kappa shape index (κ1) is 12.9. The van der Waals surface area contributed by atoms with Crippen molar-refractivity contribution in [1.29, 1.82) is 0 Å². The van der Waals surface area contributed by atoms with E-state index >= 15 is 0 Å². The quantitative estimate of drug-likeness (QED) is 0.939. The van der Waals surface area contributed by atoms with Crippen LogP contribution >= 0.6 is 0 Å². The predicted octanol–water partition coefficient (Wildman–Crippen LogP) is 3.41. The van der Waals surface area contributed by atoms with Crippen molar-refractivity contribution in [2.75, 3.05) is 13.2 Å². The summed E-state index contributed by atoms with van der Waals surface area (Å²) in [6.45, 7) is 3.55. The first-order chi connectivity index (χ1) is 10.1. The number of aryl methyl sites for hydroxylation is 1. The van der Waals surface area contributed by atoms with Gasteiger partial charge in [0.05, 0.1) is 13.2 Å². The van der Waals surface area contributed by atoms with Crippen molar-refractivity contribution in [3.05, 3.63) is 35.1 Å². The minimum Gasteiger partial charge on any atom is -0.478 e. The Morgan fingerprint density at radius 1 is 1.38 bits per heavy atom. The highest BCUT2D eigenvalue weighted by molar-refractivity contribution is 6.03. The third-order valence-electron chi connectivity index (χ3n) is 4.93. The number of ether oxygens (including phenoxy) is 1. The molecule has 1 aromatic carbocycles. The van der Waals surface area contributed by atoms with Crippen LogP contribution in [0.5, 0.6) is 0 Å². The Bertz CT molecular complexity index is 716. The fourth-order valence-electron chi connectivity index (χ4n) is 3.93. The monoisotopic (exact) mass is 286 g/mol. The van der Waals surface area contributed by atoms with Crippen molar-refractivity contribution in [2.45, 2.75) is 26.2 Å². The number of carboxylic acids is 1. The molecule has 0 radical (unpaired) electrons. The summed E-state index contributed by atoms with van der Waals surface area (Å²) in [6.07, 6.45) is 3.49. The van der Waals surface area contributed by atoms with Gasteiger partial charge >= 0.3 is 5.97 Å². The molecule has 110 valence electrons. The summed E-state index contributed by atoms with van der Waals surface area (Å²) in [5.41, 5.74) is 2.63. The van der Waals surface area contributed by atoms with E-state index in [-0.39, 0.29) is 0 Å². The summed E-state index contributed by atoms with van der Waals surface area (Å²) in [4.78, 5) is 11.4. The molecule has 4 heteroatoms. The number of hydrogen-bond donors (Lipinski definition) is 1. The second kappa shape index (κ2) is 4.34. The summed E-state index contributed by atoms with van der Waals surface area (Å²) in [6, 6.07) is 5.93. The number of benzene rings is 1. The third-order valence-corrected chi connectivity index (χ3v) is 4.93. The van der Waals surface area contributed by atoms with Crippen LogP contribution in [0, 0.1) is 18.3 Å². The topological polar surface area (TPSA) is 59.7 Å². The van der Waals surface area contributed by atoms with Gasteiger partial charge in [0.2, 0.25) is 0 Å². The highest BCUT2D eigenvalue weighted by Gasteiger charge is 2.49. The van der Waals surface area contributed by atoms with Gasteiger partial charge in [-0.3, -0.25) is 0 Å². The number of carbonyl (C=O) groups is 1. The zero-order chi connectivity index (χ0) is 14.6. The zero-order valence-electron chi connectivity index (χ0n) is 12.0. The Hall–Kier alpha value is -1.81. The zero-order valence-corrected chi connectivity index (χ0v) is 12.0. The molecular weight excluding hydrogens is 268 g/mol. The maximum absolute atomic E-state index is 11.4. The van der Waals surface area contributed by atoms with Gasteiger partial charge < -0.3 is 14.3 Å². The Morgan fingerprint density at radius 2 is 2.14 bits per heavy atom. The van der Waals surface area contributed by atoms with E-state index in [1.54, 1.807) is 6.92 Å². The highest BCUT2D eigenvalue weighted by atomic mass is 16.5. The highest BCUT2D eigenvalue weighted by Crippen LogP contribution is 2.51. The third kappa shape index (κ3) is 1.97. The second-order valence-electron chi connectivity index (χ2n) is 6.64. The molecule has 2 aliphatic rings. The summed E-state index contributed by atoms with van der Waals surface area (Å²) in [7, 11) is 0. The van der Waals surface area contributed by atoms with Gasteiger partial charge in [0.15, 0.2) is 0 Å². The smallest absolute Gasteiger partial charge is 0.339 e. The van der Waals surface area contributed by atoms with Gasteiger partial charge in [-0.05, 0) is 49.8 Å². The molecule has 1 N–H and O–H groups in total. The minimum absolute atomic E-state index is 0.296. The lowest BCUT2D eigenvalue weighted by Gasteiger charge is -2.53. The van der Waals surface area contributed by atoms with Gasteiger partial charge in [0.25, 0.3) is 0 Å². The number of aromatic carboxylic acids is 1. The molecule has 4 nitrogen and oxygen atoms in total. The largest absolute Gasteiger partial charge is 0.478 e. The van der Waals surface area contributed by atoms with Crippen LogP contribution < -0.4 is 0 Å². The fraction of sp³-hybridized carbons (Fsp3) is 0.471. The van der Waals surface area contributed by atoms with Gasteiger partial charge in [0, 0.05) is 10.8 Å². The summed E-state index contributed by atoms with van der Waals surface area (Å²) in [5.74, 6) is 0.258. The van der Waals surface area contributed by atoms with E-state index in [9.17, 15) is 9.90 Å². The molecule has 0 atom stereocenters. The van der Waals surface area contributed by atoms with Gasteiger partial charge in [0.1, 0.15) is 16.9 Å². The molecule has 2 fully saturated rings. The predicted molar refractivity (Wildman–Crippen MR) is 77.6 cm³/mol. The van der Waals surface area contributed by atoms with E-state index in [1.165, 1.54) is 18.4 Å². The Balaban J connectivity index is 1.58. The lowest BCUT2D eigenvalue weighted by atomic mass is 9.59. The molecular formula is C17H18O4. The molecule has 0 amide bonds. The van der Waals surface area contributed by atoms with Crippen molar-refractivity contribution in [3.8, 4) is 0 Å². The number of carboxylic acid groups (broad SMARTS) is 1. The maximum atomic E-state index is 11.4. The van der Waals surface area contributed by atoms with Crippen LogP contribution in [0.1, 0.15) is 34.5 Å². The van der Waals surface area contributed by atoms with E-state index in [0.29, 0.717) is 28.2 Å². The molecule has 0 bridgehead atoms. The van der Waals surface area contributed by atoms with Crippen LogP contribution in [0.3, 0.4) is 0 Å². The van der Waals surface area contributed by atoms with Gasteiger partial charge in [-0.25, -0.2) is 4.79 Å². The van der Waals surface area contributed by atoms with Crippen LogP contribution in [0.4, 0.5) is 0 Å². The number of rotatable bonds is 3. The molecule has 1 spiro atoms. The Labute approximate surface area is 122 Å². The molecule has 1 saturated carbocycles. The molecule has 1 aromatic heterocycles. The Morgan fingerprint density at radius 3 is 2.76 bits per heavy atom. The van der Waals surface area contributed by atoms with Crippen molar-refractivity contribution < 1.29 is 19.1 Å². The normalized spacial score (nSPS) is 20.4. The van der Waals surface area contributed by atoms with Crippen molar-refractivity contribution in [3.63, 3.8) is 0 Å². The van der Waals surface area contributed by atoms with E-state index in [0.717, 1.165) is 25.0 Å². The number of hydrogen-bond acceptors (Lipinski definition) is 3. The van der Waals surface area contributed by atoms with Gasteiger partial charge in [-0.1, -0.05) is 6.07 Å². The first-order valence-corrected chi connectivity index (χ1v) is 7.39. The summed E-state index contributed by atoms with van der Waals surface area (Å²) in [5, 5.41) is 10.0. The van der Waals surface area contributed by atoms with Gasteiger partial charge in [-0.2, -0.15) is 0 Å². The molecule has 0 unspecified atom stereocenters. The average molecular weight is 286 g/mol. The van der Waals surface area contributed by atoms with Gasteiger partial charge in [-0.15, -0.1) is 0 Å². The van der Waals surface area contributed by atoms with Crippen molar-refractivity contribution >= 4 is 16.9 Å². The van der Waals surface area contributed by atoms with Crippen LogP contribution in [-0.2, 0) is 11.2 Å². The fourth-order valence-corrected chi connectivity index (χ4v) is 3.93. The number of fused-ring (bicyclic) bond motifs is 1. The van der Waals surface area contributed by atoms with E-state index < -0.39 is 5.97 Å². The lowest BCUT2D eigenvalue weighted by molar-refractivity contribution is -0.178. The van der Waals surface area contributed by atoms with Crippen LogP contribution in [-0.4, -0.2) is 24.3 Å². The van der Waals surface area contributed by atoms with Crippen LogP contribution in [0.25, 0.3) is 11.0 Å². The Kier molecular flexibility index (Phi) is 2.67. The summed E-state index contributed by atoms with van der Waals surface area (Å²) >= 11 is 0. The summed E-state index contributed by atoms with van der Waals surface area (Å²) < 4.78 is 10.8. The van der Waals surface area contributed by atoms with Crippen LogP contribution in [0.15, 0.2) is 22.6 Å².